The monoisotopic (exact) mass is 260 g/mol. The quantitative estimate of drug-likeness (QED) is 0.829. The second-order valence-corrected chi connectivity index (χ2v) is 4.46. The van der Waals surface area contributed by atoms with E-state index in [1.165, 1.54) is 5.56 Å². The summed E-state index contributed by atoms with van der Waals surface area (Å²) in [6.07, 6.45) is 6.71. The average molecular weight is 260 g/mol. The second-order valence-electron chi connectivity index (χ2n) is 4.46. The number of hydrogen-bond acceptors (Lipinski definition) is 3. The Morgan fingerprint density at radius 2 is 2.00 bits per heavy atom. The van der Waals surface area contributed by atoms with Crippen LogP contribution in [0.1, 0.15) is 17.8 Å². The number of imidazole rings is 1. The first kappa shape index (κ1) is 13.6. The van der Waals surface area contributed by atoms with E-state index in [2.05, 4.69) is 17.1 Å². The number of nitrogens with zero attached hydrogens (tertiary/aromatic N) is 2. The summed E-state index contributed by atoms with van der Waals surface area (Å²) in [6, 6.07) is 8.17. The molecular formula is C15H20N2O2. The van der Waals surface area contributed by atoms with Gasteiger partial charge in [-0.05, 0) is 30.5 Å². The lowest BCUT2D eigenvalue weighted by Crippen LogP contribution is -2.06. The van der Waals surface area contributed by atoms with E-state index in [4.69, 9.17) is 9.84 Å². The molecule has 19 heavy (non-hydrogen) atoms. The van der Waals surface area contributed by atoms with Crippen LogP contribution in [0.3, 0.4) is 0 Å². The van der Waals surface area contributed by atoms with Crippen molar-refractivity contribution >= 4 is 0 Å². The summed E-state index contributed by atoms with van der Waals surface area (Å²) in [5, 5.41) is 8.95. The summed E-state index contributed by atoms with van der Waals surface area (Å²) in [5.74, 6) is 1.94. The Morgan fingerprint density at radius 3 is 2.68 bits per heavy atom. The summed E-state index contributed by atoms with van der Waals surface area (Å²) in [7, 11) is 1.68. The molecule has 0 unspecified atom stereocenters. The molecule has 0 saturated carbocycles. The summed E-state index contributed by atoms with van der Waals surface area (Å²) in [6.45, 7) is 0.777. The van der Waals surface area contributed by atoms with Crippen LogP contribution in [0.5, 0.6) is 5.75 Å². The second kappa shape index (κ2) is 6.95. The minimum Gasteiger partial charge on any atom is -0.497 e. The topological polar surface area (TPSA) is 47.3 Å². The van der Waals surface area contributed by atoms with Crippen molar-refractivity contribution in [2.24, 2.45) is 0 Å². The smallest absolute Gasteiger partial charge is 0.118 e. The maximum atomic E-state index is 8.95. The molecule has 0 spiro atoms. The Kier molecular flexibility index (Phi) is 4.98. The van der Waals surface area contributed by atoms with E-state index in [1.54, 1.807) is 13.3 Å². The lowest BCUT2D eigenvalue weighted by molar-refractivity contribution is 0.274. The molecule has 1 aromatic heterocycles. The molecule has 0 bridgehead atoms. The highest BCUT2D eigenvalue weighted by atomic mass is 16.5. The molecule has 1 N–H and O–H groups in total. The number of rotatable bonds is 7. The zero-order valence-corrected chi connectivity index (χ0v) is 11.2. The SMILES string of the molecule is COc1ccc(CCCc2nccn2CCO)cc1. The fraction of sp³-hybridized carbons (Fsp3) is 0.400. The van der Waals surface area contributed by atoms with E-state index in [-0.39, 0.29) is 6.61 Å². The molecule has 4 nitrogen and oxygen atoms in total. The number of aliphatic hydroxyl groups is 1. The van der Waals surface area contributed by atoms with Crippen molar-refractivity contribution in [3.8, 4) is 5.75 Å². The highest BCUT2D eigenvalue weighted by Gasteiger charge is 2.02. The molecule has 0 amide bonds. The van der Waals surface area contributed by atoms with Gasteiger partial charge in [0.2, 0.25) is 0 Å². The van der Waals surface area contributed by atoms with Crippen molar-refractivity contribution in [2.45, 2.75) is 25.8 Å². The lowest BCUT2D eigenvalue weighted by Gasteiger charge is -2.06. The maximum Gasteiger partial charge on any atom is 0.118 e. The van der Waals surface area contributed by atoms with E-state index in [0.717, 1.165) is 30.8 Å². The van der Waals surface area contributed by atoms with Crippen LogP contribution in [0, 0.1) is 0 Å². The zero-order valence-electron chi connectivity index (χ0n) is 11.2. The third kappa shape index (κ3) is 3.83. The molecule has 2 aromatic rings. The number of aryl methyl sites for hydroxylation is 2. The van der Waals surface area contributed by atoms with E-state index < -0.39 is 0 Å². The summed E-state index contributed by atoms with van der Waals surface area (Å²) >= 11 is 0. The standard InChI is InChI=1S/C15H20N2O2/c1-19-14-7-5-13(6-8-14)3-2-4-15-16-9-10-17(15)11-12-18/h5-10,18H,2-4,11-12H2,1H3. The van der Waals surface area contributed by atoms with Crippen LogP contribution in [-0.2, 0) is 19.4 Å². The largest absolute Gasteiger partial charge is 0.497 e. The van der Waals surface area contributed by atoms with Crippen molar-refractivity contribution in [2.75, 3.05) is 13.7 Å². The van der Waals surface area contributed by atoms with Crippen molar-refractivity contribution < 1.29 is 9.84 Å². The van der Waals surface area contributed by atoms with Gasteiger partial charge in [-0.1, -0.05) is 12.1 Å². The molecule has 0 fully saturated rings. The van der Waals surface area contributed by atoms with Crippen LogP contribution < -0.4 is 4.74 Å². The van der Waals surface area contributed by atoms with Crippen molar-refractivity contribution in [3.05, 3.63) is 48.0 Å². The van der Waals surface area contributed by atoms with Gasteiger partial charge in [0.15, 0.2) is 0 Å². The molecule has 102 valence electrons. The Labute approximate surface area is 113 Å². The highest BCUT2D eigenvalue weighted by molar-refractivity contribution is 5.27. The Bertz CT molecular complexity index is 491. The Morgan fingerprint density at radius 1 is 1.21 bits per heavy atom. The predicted molar refractivity (Wildman–Crippen MR) is 74.3 cm³/mol. The first-order valence-corrected chi connectivity index (χ1v) is 6.57. The predicted octanol–water partition coefficient (Wildman–Crippen LogP) is 2.06. The lowest BCUT2D eigenvalue weighted by atomic mass is 10.1. The van der Waals surface area contributed by atoms with Crippen LogP contribution >= 0.6 is 0 Å². The van der Waals surface area contributed by atoms with Gasteiger partial charge < -0.3 is 14.4 Å². The molecule has 2 rings (SSSR count). The Hall–Kier alpha value is -1.81. The number of methoxy groups -OCH3 is 1. The van der Waals surface area contributed by atoms with Crippen LogP contribution in [0.2, 0.25) is 0 Å². The fourth-order valence-electron chi connectivity index (χ4n) is 2.12. The molecule has 0 saturated heterocycles. The van der Waals surface area contributed by atoms with Crippen LogP contribution in [0.4, 0.5) is 0 Å². The third-order valence-electron chi connectivity index (χ3n) is 3.17. The summed E-state index contributed by atoms with van der Waals surface area (Å²) in [5.41, 5.74) is 1.31. The van der Waals surface area contributed by atoms with Gasteiger partial charge in [-0.15, -0.1) is 0 Å². The van der Waals surface area contributed by atoms with Gasteiger partial charge in [0.1, 0.15) is 11.6 Å². The van der Waals surface area contributed by atoms with E-state index in [1.807, 2.05) is 22.9 Å². The van der Waals surface area contributed by atoms with Crippen LogP contribution in [0.25, 0.3) is 0 Å². The minimum absolute atomic E-state index is 0.155. The molecule has 0 radical (unpaired) electrons. The molecule has 0 aliphatic rings. The normalized spacial score (nSPS) is 10.6. The van der Waals surface area contributed by atoms with Crippen molar-refractivity contribution in [1.29, 1.82) is 0 Å². The minimum atomic E-state index is 0.155. The van der Waals surface area contributed by atoms with Gasteiger partial charge in [0.25, 0.3) is 0 Å². The van der Waals surface area contributed by atoms with Crippen LogP contribution in [0.15, 0.2) is 36.7 Å². The van der Waals surface area contributed by atoms with Crippen LogP contribution in [-0.4, -0.2) is 28.4 Å². The maximum absolute atomic E-state index is 8.95. The molecule has 0 aliphatic heterocycles. The Balaban J connectivity index is 1.83. The van der Waals surface area contributed by atoms with Gasteiger partial charge in [-0.3, -0.25) is 0 Å². The number of aromatic nitrogens is 2. The molecule has 4 heteroatoms. The fourth-order valence-corrected chi connectivity index (χ4v) is 2.12. The molecule has 1 heterocycles. The van der Waals surface area contributed by atoms with E-state index in [9.17, 15) is 0 Å². The van der Waals surface area contributed by atoms with E-state index >= 15 is 0 Å². The average Bonchev–Trinajstić information content (AvgIpc) is 2.88. The zero-order chi connectivity index (χ0) is 13.5. The number of benzene rings is 1. The molecular weight excluding hydrogens is 240 g/mol. The highest BCUT2D eigenvalue weighted by Crippen LogP contribution is 2.13. The summed E-state index contributed by atoms with van der Waals surface area (Å²) in [4.78, 5) is 4.33. The van der Waals surface area contributed by atoms with Crippen molar-refractivity contribution in [3.63, 3.8) is 0 Å². The van der Waals surface area contributed by atoms with Gasteiger partial charge in [0, 0.05) is 25.4 Å². The first-order valence-electron chi connectivity index (χ1n) is 6.57. The summed E-state index contributed by atoms with van der Waals surface area (Å²) < 4.78 is 7.15. The van der Waals surface area contributed by atoms with Crippen molar-refractivity contribution in [1.82, 2.24) is 9.55 Å². The van der Waals surface area contributed by atoms with Gasteiger partial charge in [-0.25, -0.2) is 4.98 Å². The van der Waals surface area contributed by atoms with E-state index in [0.29, 0.717) is 6.54 Å². The number of ether oxygens (including phenoxy) is 1. The number of hydrogen-bond donors (Lipinski definition) is 1. The molecule has 0 aliphatic carbocycles. The first-order chi connectivity index (χ1) is 9.33. The van der Waals surface area contributed by atoms with Gasteiger partial charge in [-0.2, -0.15) is 0 Å². The van der Waals surface area contributed by atoms with Gasteiger partial charge in [0.05, 0.1) is 13.7 Å². The van der Waals surface area contributed by atoms with Gasteiger partial charge >= 0.3 is 0 Å². The number of aliphatic hydroxyl groups excluding tert-OH is 1. The molecule has 1 aromatic carbocycles. The third-order valence-corrected chi connectivity index (χ3v) is 3.17. The molecule has 0 atom stereocenters.